The van der Waals surface area contributed by atoms with Crippen LogP contribution >= 0.6 is 67.8 Å². The molecule has 0 aliphatic heterocycles. The molecule has 2 aromatic rings. The molecule has 0 saturated carbocycles. The summed E-state index contributed by atoms with van der Waals surface area (Å²) >= 11 is 6.78. The van der Waals surface area contributed by atoms with E-state index in [1.54, 1.807) is 0 Å². The zero-order chi connectivity index (χ0) is 11.0. The number of halogens is 3. The summed E-state index contributed by atoms with van der Waals surface area (Å²) < 4.78 is 3.25. The zero-order valence-corrected chi connectivity index (χ0v) is 13.9. The second-order valence-corrected chi connectivity index (χ2v) is 6.26. The topological polar surface area (TPSA) is 17.1 Å². The Morgan fingerprint density at radius 3 is 1.93 bits per heavy atom. The van der Waals surface area contributed by atoms with Crippen molar-refractivity contribution in [3.8, 4) is 0 Å². The molecule has 0 aliphatic carbocycles. The predicted molar refractivity (Wildman–Crippen MR) is 87.5 cm³/mol. The first-order valence-corrected chi connectivity index (χ1v) is 7.40. The maximum atomic E-state index is 11.0. The number of carbonyl (C=O) groups excluding carboxylic acids is 1. The standard InChI is InChI=1S/C11H5I3O/c12-9-6-3-1-2-4-7(6)10(13)11(14)8(9)5-15/h1-5H. The minimum atomic E-state index is 0.805. The van der Waals surface area contributed by atoms with E-state index in [1.165, 1.54) is 5.39 Å². The third-order valence-corrected chi connectivity index (χ3v) is 6.62. The average molecular weight is 534 g/mol. The summed E-state index contributed by atoms with van der Waals surface area (Å²) in [6, 6.07) is 8.18. The van der Waals surface area contributed by atoms with E-state index in [0.717, 1.165) is 27.9 Å². The predicted octanol–water partition coefficient (Wildman–Crippen LogP) is 4.47. The van der Waals surface area contributed by atoms with Gasteiger partial charge in [-0.05, 0) is 78.5 Å². The second kappa shape index (κ2) is 4.82. The van der Waals surface area contributed by atoms with Gasteiger partial charge in [0.1, 0.15) is 0 Å². The molecule has 4 heteroatoms. The fourth-order valence-corrected chi connectivity index (χ4v) is 4.28. The number of benzene rings is 2. The maximum Gasteiger partial charge on any atom is 0.152 e. The minimum Gasteiger partial charge on any atom is -0.298 e. The fraction of sp³-hybridized carbons (Fsp3) is 0. The molecule has 0 aromatic heterocycles. The summed E-state index contributed by atoms with van der Waals surface area (Å²) in [5.41, 5.74) is 0.805. The van der Waals surface area contributed by atoms with Gasteiger partial charge in [-0.25, -0.2) is 0 Å². The second-order valence-electron chi connectivity index (χ2n) is 3.02. The molecule has 15 heavy (non-hydrogen) atoms. The van der Waals surface area contributed by atoms with Crippen LogP contribution < -0.4 is 0 Å². The lowest BCUT2D eigenvalue weighted by Crippen LogP contribution is -1.96. The highest BCUT2D eigenvalue weighted by Crippen LogP contribution is 2.32. The van der Waals surface area contributed by atoms with Crippen LogP contribution in [0.3, 0.4) is 0 Å². The number of hydrogen-bond donors (Lipinski definition) is 0. The van der Waals surface area contributed by atoms with Gasteiger partial charge in [0.2, 0.25) is 0 Å². The Labute approximate surface area is 128 Å². The van der Waals surface area contributed by atoms with E-state index in [0.29, 0.717) is 0 Å². The van der Waals surface area contributed by atoms with Crippen LogP contribution in [-0.2, 0) is 0 Å². The molecule has 0 fully saturated rings. The van der Waals surface area contributed by atoms with Gasteiger partial charge >= 0.3 is 0 Å². The van der Waals surface area contributed by atoms with Crippen molar-refractivity contribution >= 4 is 84.8 Å². The summed E-state index contributed by atoms with van der Waals surface area (Å²) in [6.45, 7) is 0. The van der Waals surface area contributed by atoms with E-state index in [-0.39, 0.29) is 0 Å². The Morgan fingerprint density at radius 2 is 1.40 bits per heavy atom. The summed E-state index contributed by atoms with van der Waals surface area (Å²) in [4.78, 5) is 11.0. The number of aldehydes is 1. The zero-order valence-electron chi connectivity index (χ0n) is 7.43. The van der Waals surface area contributed by atoms with Gasteiger partial charge in [-0.3, -0.25) is 4.79 Å². The van der Waals surface area contributed by atoms with Crippen LogP contribution in [0.4, 0.5) is 0 Å². The number of carbonyl (C=O) groups is 1. The summed E-state index contributed by atoms with van der Waals surface area (Å²) in [7, 11) is 0. The Hall–Kier alpha value is 0.560. The maximum absolute atomic E-state index is 11.0. The molecule has 0 spiro atoms. The first kappa shape index (κ1) is 12.0. The van der Waals surface area contributed by atoms with Gasteiger partial charge in [-0.1, -0.05) is 24.3 Å². The Balaban J connectivity index is 3.02. The van der Waals surface area contributed by atoms with E-state index in [4.69, 9.17) is 0 Å². The summed E-state index contributed by atoms with van der Waals surface area (Å²) in [5.74, 6) is 0. The fourth-order valence-electron chi connectivity index (χ4n) is 1.45. The van der Waals surface area contributed by atoms with Crippen LogP contribution in [0.5, 0.6) is 0 Å². The van der Waals surface area contributed by atoms with Crippen molar-refractivity contribution in [3.05, 3.63) is 40.5 Å². The minimum absolute atomic E-state index is 0.805. The highest BCUT2D eigenvalue weighted by atomic mass is 127. The lowest BCUT2D eigenvalue weighted by molar-refractivity contribution is 0.112. The van der Waals surface area contributed by atoms with Crippen molar-refractivity contribution in [1.82, 2.24) is 0 Å². The quantitative estimate of drug-likeness (QED) is 0.300. The van der Waals surface area contributed by atoms with E-state index < -0.39 is 0 Å². The van der Waals surface area contributed by atoms with Crippen molar-refractivity contribution in [1.29, 1.82) is 0 Å². The SMILES string of the molecule is O=Cc1c(I)c(I)c2ccccc2c1I. The molecule has 0 radical (unpaired) electrons. The van der Waals surface area contributed by atoms with Crippen LogP contribution in [0.2, 0.25) is 0 Å². The highest BCUT2D eigenvalue weighted by molar-refractivity contribution is 14.1. The van der Waals surface area contributed by atoms with Crippen molar-refractivity contribution in [2.45, 2.75) is 0 Å². The monoisotopic (exact) mass is 534 g/mol. The van der Waals surface area contributed by atoms with Crippen LogP contribution in [0.25, 0.3) is 10.8 Å². The van der Waals surface area contributed by atoms with Crippen LogP contribution in [-0.4, -0.2) is 6.29 Å². The van der Waals surface area contributed by atoms with E-state index >= 15 is 0 Å². The molecule has 0 N–H and O–H groups in total. The van der Waals surface area contributed by atoms with Gasteiger partial charge in [0.05, 0.1) is 0 Å². The van der Waals surface area contributed by atoms with Gasteiger partial charge in [0.25, 0.3) is 0 Å². The molecule has 0 amide bonds. The number of fused-ring (bicyclic) bond motifs is 1. The van der Waals surface area contributed by atoms with Crippen molar-refractivity contribution in [2.75, 3.05) is 0 Å². The Kier molecular flexibility index (Phi) is 3.87. The highest BCUT2D eigenvalue weighted by Gasteiger charge is 2.13. The first-order valence-electron chi connectivity index (χ1n) is 4.17. The summed E-state index contributed by atoms with van der Waals surface area (Å²) in [5, 5.41) is 2.38. The number of hydrogen-bond acceptors (Lipinski definition) is 1. The molecule has 0 saturated heterocycles. The molecule has 1 nitrogen and oxygen atoms in total. The molecule has 0 bridgehead atoms. The lowest BCUT2D eigenvalue weighted by atomic mass is 10.1. The largest absolute Gasteiger partial charge is 0.298 e. The van der Waals surface area contributed by atoms with Crippen LogP contribution in [0.15, 0.2) is 24.3 Å². The molecular formula is C11H5I3O. The number of rotatable bonds is 1. The Bertz CT molecular complexity index is 549. The molecule has 0 atom stereocenters. The smallest absolute Gasteiger partial charge is 0.152 e. The molecule has 2 rings (SSSR count). The van der Waals surface area contributed by atoms with E-state index in [9.17, 15) is 4.79 Å². The van der Waals surface area contributed by atoms with Gasteiger partial charge < -0.3 is 0 Å². The van der Waals surface area contributed by atoms with Crippen molar-refractivity contribution in [2.24, 2.45) is 0 Å². The van der Waals surface area contributed by atoms with Crippen LogP contribution in [0.1, 0.15) is 10.4 Å². The molecule has 76 valence electrons. The lowest BCUT2D eigenvalue weighted by Gasteiger charge is -2.09. The normalized spacial score (nSPS) is 10.6. The van der Waals surface area contributed by atoms with E-state index in [1.807, 2.05) is 12.1 Å². The third-order valence-electron chi connectivity index (χ3n) is 2.18. The van der Waals surface area contributed by atoms with Gasteiger partial charge in [-0.2, -0.15) is 0 Å². The Morgan fingerprint density at radius 1 is 0.867 bits per heavy atom. The first-order chi connectivity index (χ1) is 7.16. The van der Waals surface area contributed by atoms with Crippen LogP contribution in [0, 0.1) is 10.7 Å². The summed E-state index contributed by atoms with van der Waals surface area (Å²) in [6.07, 6.45) is 0.943. The molecule has 0 unspecified atom stereocenters. The van der Waals surface area contributed by atoms with Gasteiger partial charge in [0.15, 0.2) is 6.29 Å². The molecule has 0 aliphatic rings. The van der Waals surface area contributed by atoms with Gasteiger partial charge in [-0.15, -0.1) is 0 Å². The van der Waals surface area contributed by atoms with Crippen molar-refractivity contribution in [3.63, 3.8) is 0 Å². The van der Waals surface area contributed by atoms with Crippen molar-refractivity contribution < 1.29 is 4.79 Å². The van der Waals surface area contributed by atoms with E-state index in [2.05, 4.69) is 79.9 Å². The molecule has 2 aromatic carbocycles. The molecular weight excluding hydrogens is 529 g/mol. The average Bonchev–Trinajstić information content (AvgIpc) is 2.27. The molecule has 0 heterocycles. The van der Waals surface area contributed by atoms with Gasteiger partial charge in [0, 0.05) is 16.3 Å². The third kappa shape index (κ3) is 2.04.